The zero-order valence-electron chi connectivity index (χ0n) is 7.61. The average molecular weight is 246 g/mol. The van der Waals surface area contributed by atoms with Crippen molar-refractivity contribution in [3.8, 4) is 5.75 Å². The molecule has 1 unspecified atom stereocenters. The summed E-state index contributed by atoms with van der Waals surface area (Å²) in [5.41, 5.74) is -0.694. The van der Waals surface area contributed by atoms with Crippen molar-refractivity contribution in [2.24, 2.45) is 0 Å². The molecule has 16 heavy (non-hydrogen) atoms. The number of benzene rings is 1. The predicted molar refractivity (Wildman–Crippen MR) is 51.8 cm³/mol. The number of carboxylic acid groups (broad SMARTS) is 2. The van der Waals surface area contributed by atoms with Gasteiger partial charge >= 0.3 is 23.3 Å². The molecule has 8 heteroatoms. The normalized spacial score (nSPS) is 11.8. The Hall–Kier alpha value is -1.93. The summed E-state index contributed by atoms with van der Waals surface area (Å²) in [6, 6.07) is 2.81. The van der Waals surface area contributed by atoms with Crippen molar-refractivity contribution in [3.05, 3.63) is 29.3 Å². The van der Waals surface area contributed by atoms with Gasteiger partial charge in [0, 0.05) is 0 Å². The molecule has 0 aliphatic carbocycles. The van der Waals surface area contributed by atoms with E-state index >= 15 is 0 Å². The first-order valence-corrected chi connectivity index (χ1v) is 4.84. The zero-order valence-corrected chi connectivity index (χ0v) is 8.43. The second kappa shape index (κ2) is 4.73. The van der Waals surface area contributed by atoms with Gasteiger partial charge in [0.05, 0.1) is 11.1 Å². The van der Waals surface area contributed by atoms with E-state index in [0.717, 1.165) is 18.2 Å². The fourth-order valence-electron chi connectivity index (χ4n) is 0.976. The Morgan fingerprint density at radius 1 is 1.06 bits per heavy atom. The largest absolute Gasteiger partial charge is 0.478 e. The molecule has 0 saturated heterocycles. The van der Waals surface area contributed by atoms with Crippen LogP contribution in [-0.2, 0) is 11.4 Å². The van der Waals surface area contributed by atoms with Gasteiger partial charge in [-0.2, -0.15) is 4.21 Å². The second-order valence-electron chi connectivity index (χ2n) is 2.66. The van der Waals surface area contributed by atoms with Gasteiger partial charge in [-0.25, -0.2) is 9.59 Å². The highest BCUT2D eigenvalue weighted by molar-refractivity contribution is 7.74. The van der Waals surface area contributed by atoms with Gasteiger partial charge in [-0.05, 0) is 18.2 Å². The lowest BCUT2D eigenvalue weighted by atomic mass is 10.1. The van der Waals surface area contributed by atoms with E-state index in [4.69, 9.17) is 14.8 Å². The number of aromatic carboxylic acids is 2. The molecule has 0 aromatic heterocycles. The summed E-state index contributed by atoms with van der Waals surface area (Å²) < 4.78 is 23.0. The first-order valence-electron chi connectivity index (χ1n) is 3.81. The van der Waals surface area contributed by atoms with Gasteiger partial charge in [-0.3, -0.25) is 4.55 Å². The summed E-state index contributed by atoms with van der Waals surface area (Å²) in [6.45, 7) is 0. The van der Waals surface area contributed by atoms with Gasteiger partial charge in [-0.1, -0.05) is 0 Å². The van der Waals surface area contributed by atoms with Crippen LogP contribution in [0.2, 0.25) is 0 Å². The Morgan fingerprint density at radius 2 is 1.50 bits per heavy atom. The molecule has 0 aliphatic heterocycles. The monoisotopic (exact) mass is 246 g/mol. The highest BCUT2D eigenvalue weighted by atomic mass is 32.2. The Morgan fingerprint density at radius 3 is 1.81 bits per heavy atom. The number of hydrogen-bond donors (Lipinski definition) is 3. The van der Waals surface area contributed by atoms with Gasteiger partial charge in [0.15, 0.2) is 0 Å². The minimum absolute atomic E-state index is 0.307. The van der Waals surface area contributed by atoms with Gasteiger partial charge in [-0.15, -0.1) is 0 Å². The van der Waals surface area contributed by atoms with E-state index in [1.807, 2.05) is 0 Å². The SMILES string of the molecule is O=C(O)c1cc(OS(=O)O)cc(C(=O)O)c1. The molecule has 0 fully saturated rings. The number of rotatable bonds is 4. The number of hydrogen-bond acceptors (Lipinski definition) is 4. The summed E-state index contributed by atoms with van der Waals surface area (Å²) in [7, 11) is 0. The standard InChI is InChI=1S/C8H6O7S/c9-7(10)4-1-5(8(11)12)3-6(2-4)15-16(13)14/h1-3H,(H,9,10)(H,11,12)(H,13,14). The molecular weight excluding hydrogens is 240 g/mol. The molecule has 3 N–H and O–H groups in total. The molecule has 0 radical (unpaired) electrons. The maximum atomic E-state index is 10.6. The van der Waals surface area contributed by atoms with Crippen LogP contribution in [-0.4, -0.2) is 30.9 Å². The molecule has 0 spiro atoms. The first-order chi connectivity index (χ1) is 7.40. The lowest BCUT2D eigenvalue weighted by Gasteiger charge is -2.03. The average Bonchev–Trinajstić information content (AvgIpc) is 2.15. The zero-order chi connectivity index (χ0) is 12.3. The molecule has 0 heterocycles. The minimum atomic E-state index is -2.65. The molecule has 0 aliphatic rings. The highest BCUT2D eigenvalue weighted by Crippen LogP contribution is 2.18. The van der Waals surface area contributed by atoms with E-state index in [1.165, 1.54) is 0 Å². The summed E-state index contributed by atoms with van der Waals surface area (Å²) in [4.78, 5) is 21.3. The van der Waals surface area contributed by atoms with Crippen LogP contribution in [0.15, 0.2) is 18.2 Å². The third kappa shape index (κ3) is 3.04. The van der Waals surface area contributed by atoms with Crippen LogP contribution in [0.1, 0.15) is 20.7 Å². The van der Waals surface area contributed by atoms with Crippen LogP contribution >= 0.6 is 0 Å². The Labute approximate surface area is 91.8 Å². The smallest absolute Gasteiger partial charge is 0.357 e. The Bertz CT molecular complexity index is 435. The third-order valence-corrected chi connectivity index (χ3v) is 1.90. The molecule has 0 saturated carbocycles. The van der Waals surface area contributed by atoms with Crippen LogP contribution in [0.3, 0.4) is 0 Å². The van der Waals surface area contributed by atoms with Gasteiger partial charge in [0.1, 0.15) is 5.75 Å². The van der Waals surface area contributed by atoms with Crippen LogP contribution < -0.4 is 4.18 Å². The second-order valence-corrected chi connectivity index (χ2v) is 3.26. The summed E-state index contributed by atoms with van der Waals surface area (Å²) in [5, 5.41) is 17.3. The van der Waals surface area contributed by atoms with Crippen LogP contribution in [0.5, 0.6) is 5.75 Å². The number of carbonyl (C=O) groups is 2. The lowest BCUT2D eigenvalue weighted by Crippen LogP contribution is -2.05. The quantitative estimate of drug-likeness (QED) is 0.665. The molecule has 1 aromatic carbocycles. The van der Waals surface area contributed by atoms with Crippen molar-refractivity contribution >= 4 is 23.3 Å². The molecular formula is C8H6O7S. The molecule has 0 bridgehead atoms. The van der Waals surface area contributed by atoms with Crippen LogP contribution in [0, 0.1) is 0 Å². The fourth-order valence-corrected chi connectivity index (χ4v) is 1.24. The molecule has 1 atom stereocenters. The van der Waals surface area contributed by atoms with E-state index in [9.17, 15) is 13.8 Å². The van der Waals surface area contributed by atoms with E-state index < -0.39 is 23.3 Å². The van der Waals surface area contributed by atoms with Gasteiger partial charge in [0.25, 0.3) is 0 Å². The van der Waals surface area contributed by atoms with Crippen molar-refractivity contribution in [3.63, 3.8) is 0 Å². The third-order valence-electron chi connectivity index (χ3n) is 1.57. The first kappa shape index (κ1) is 12.1. The lowest BCUT2D eigenvalue weighted by molar-refractivity contribution is 0.0696. The molecule has 1 rings (SSSR count). The molecule has 7 nitrogen and oxygen atoms in total. The topological polar surface area (TPSA) is 121 Å². The van der Waals surface area contributed by atoms with Crippen molar-refractivity contribution < 1.29 is 32.7 Å². The van der Waals surface area contributed by atoms with E-state index in [-0.39, 0.29) is 16.9 Å². The van der Waals surface area contributed by atoms with Crippen molar-refractivity contribution in [1.29, 1.82) is 0 Å². The van der Waals surface area contributed by atoms with E-state index in [1.54, 1.807) is 0 Å². The van der Waals surface area contributed by atoms with Crippen LogP contribution in [0.25, 0.3) is 0 Å². The molecule has 0 amide bonds. The Balaban J connectivity index is 3.23. The minimum Gasteiger partial charge on any atom is -0.478 e. The predicted octanol–water partition coefficient (Wildman–Crippen LogP) is 0.599. The maximum absolute atomic E-state index is 10.6. The van der Waals surface area contributed by atoms with E-state index in [0.29, 0.717) is 0 Å². The van der Waals surface area contributed by atoms with Crippen molar-refractivity contribution in [2.75, 3.05) is 0 Å². The van der Waals surface area contributed by atoms with Crippen molar-refractivity contribution in [1.82, 2.24) is 0 Å². The highest BCUT2D eigenvalue weighted by Gasteiger charge is 2.13. The van der Waals surface area contributed by atoms with Gasteiger partial charge in [0.2, 0.25) is 0 Å². The molecule has 1 aromatic rings. The molecule has 86 valence electrons. The van der Waals surface area contributed by atoms with Crippen molar-refractivity contribution in [2.45, 2.75) is 0 Å². The number of carboxylic acids is 2. The summed E-state index contributed by atoms with van der Waals surface area (Å²) in [5.74, 6) is -3.04. The van der Waals surface area contributed by atoms with Gasteiger partial charge < -0.3 is 14.4 Å². The van der Waals surface area contributed by atoms with Crippen LogP contribution in [0.4, 0.5) is 0 Å². The van der Waals surface area contributed by atoms with E-state index in [2.05, 4.69) is 4.18 Å². The fraction of sp³-hybridized carbons (Fsp3) is 0. The summed E-state index contributed by atoms with van der Waals surface area (Å²) >= 11 is -2.65. The Kier molecular flexibility index (Phi) is 3.59. The summed E-state index contributed by atoms with van der Waals surface area (Å²) in [6.07, 6.45) is 0. The maximum Gasteiger partial charge on any atom is 0.357 e.